The van der Waals surface area contributed by atoms with E-state index < -0.39 is 0 Å². The Bertz CT molecular complexity index is 216. The number of hydrogen-bond donors (Lipinski definition) is 2. The fraction of sp³-hybridized carbons (Fsp3) is 0.917. The van der Waals surface area contributed by atoms with E-state index in [1.54, 1.807) is 0 Å². The van der Waals surface area contributed by atoms with Gasteiger partial charge in [0.2, 0.25) is 5.91 Å². The molecule has 0 radical (unpaired) electrons. The van der Waals surface area contributed by atoms with E-state index in [4.69, 9.17) is 5.11 Å². The van der Waals surface area contributed by atoms with Gasteiger partial charge in [-0.2, -0.15) is 0 Å². The Balaban J connectivity index is 2.46. The lowest BCUT2D eigenvalue weighted by Gasteiger charge is -2.23. The van der Waals surface area contributed by atoms with Crippen molar-refractivity contribution in [2.75, 3.05) is 6.61 Å². The lowest BCUT2D eigenvalue weighted by Crippen LogP contribution is -2.44. The van der Waals surface area contributed by atoms with Crippen molar-refractivity contribution in [1.29, 1.82) is 0 Å². The maximum atomic E-state index is 11.9. The maximum Gasteiger partial charge on any atom is 0.223 e. The van der Waals surface area contributed by atoms with Gasteiger partial charge in [-0.15, -0.1) is 0 Å². The zero-order valence-corrected chi connectivity index (χ0v) is 9.99. The summed E-state index contributed by atoms with van der Waals surface area (Å²) < 4.78 is 0. The van der Waals surface area contributed by atoms with Gasteiger partial charge in [0.1, 0.15) is 0 Å². The summed E-state index contributed by atoms with van der Waals surface area (Å²) in [5, 5.41) is 12.1. The van der Waals surface area contributed by atoms with E-state index >= 15 is 0 Å². The van der Waals surface area contributed by atoms with Crippen LogP contribution >= 0.6 is 0 Å². The summed E-state index contributed by atoms with van der Waals surface area (Å²) in [6, 6.07) is -0.0923. The van der Waals surface area contributed by atoms with Crippen LogP contribution in [0.2, 0.25) is 0 Å². The predicted molar refractivity (Wildman–Crippen MR) is 60.4 cm³/mol. The largest absolute Gasteiger partial charge is 0.394 e. The highest BCUT2D eigenvalue weighted by Gasteiger charge is 2.30. The second-order valence-corrected chi connectivity index (χ2v) is 5.06. The predicted octanol–water partition coefficient (Wildman–Crippen LogP) is 1.56. The molecule has 2 N–H and O–H groups in total. The molecule has 0 aromatic carbocycles. The second-order valence-electron chi connectivity index (χ2n) is 5.06. The second kappa shape index (κ2) is 5.50. The molecule has 1 rings (SSSR count). The summed E-state index contributed by atoms with van der Waals surface area (Å²) in [4.78, 5) is 11.9. The van der Waals surface area contributed by atoms with Crippen LogP contribution in [0.25, 0.3) is 0 Å². The van der Waals surface area contributed by atoms with Crippen LogP contribution in [0.3, 0.4) is 0 Å². The van der Waals surface area contributed by atoms with Crippen LogP contribution < -0.4 is 5.32 Å². The molecule has 3 heteroatoms. The summed E-state index contributed by atoms with van der Waals surface area (Å²) in [7, 11) is 0. The average Bonchev–Trinajstić information content (AvgIpc) is 2.60. The Hall–Kier alpha value is -0.570. The average molecular weight is 213 g/mol. The first-order valence-electron chi connectivity index (χ1n) is 5.97. The van der Waals surface area contributed by atoms with Gasteiger partial charge in [-0.3, -0.25) is 4.79 Å². The molecule has 1 amide bonds. The lowest BCUT2D eigenvalue weighted by atomic mass is 9.96. The molecule has 3 atom stereocenters. The van der Waals surface area contributed by atoms with Crippen molar-refractivity contribution in [3.63, 3.8) is 0 Å². The molecular weight excluding hydrogens is 190 g/mol. The summed E-state index contributed by atoms with van der Waals surface area (Å²) in [6.07, 6.45) is 3.32. The topological polar surface area (TPSA) is 49.3 Å². The number of hydrogen-bond acceptors (Lipinski definition) is 2. The van der Waals surface area contributed by atoms with E-state index in [1.807, 2.05) is 13.8 Å². The van der Waals surface area contributed by atoms with Crippen molar-refractivity contribution >= 4 is 5.91 Å². The highest BCUT2D eigenvalue weighted by molar-refractivity contribution is 5.79. The van der Waals surface area contributed by atoms with Crippen LogP contribution in [-0.2, 0) is 4.79 Å². The molecule has 0 bridgehead atoms. The van der Waals surface area contributed by atoms with Gasteiger partial charge in [0, 0.05) is 5.92 Å². The molecular formula is C12H23NO2. The quantitative estimate of drug-likeness (QED) is 0.744. The Morgan fingerprint density at radius 1 is 1.47 bits per heavy atom. The van der Waals surface area contributed by atoms with Gasteiger partial charge < -0.3 is 10.4 Å². The van der Waals surface area contributed by atoms with Crippen LogP contribution in [0, 0.1) is 17.8 Å². The number of carbonyl (C=O) groups is 1. The Morgan fingerprint density at radius 2 is 2.13 bits per heavy atom. The van der Waals surface area contributed by atoms with Gasteiger partial charge in [0.25, 0.3) is 0 Å². The molecule has 0 aliphatic heterocycles. The Labute approximate surface area is 92.3 Å². The number of rotatable bonds is 4. The Kier molecular flexibility index (Phi) is 4.58. The molecule has 0 aromatic rings. The molecule has 0 spiro atoms. The van der Waals surface area contributed by atoms with E-state index in [0.717, 1.165) is 19.3 Å². The van der Waals surface area contributed by atoms with Gasteiger partial charge >= 0.3 is 0 Å². The molecule has 1 saturated carbocycles. The molecule has 1 aliphatic carbocycles. The molecule has 88 valence electrons. The molecule has 1 aliphatic rings. The lowest BCUT2D eigenvalue weighted by molar-refractivity contribution is -0.127. The molecule has 3 nitrogen and oxygen atoms in total. The number of nitrogens with one attached hydrogen (secondary N) is 1. The normalized spacial score (nSPS) is 28.1. The maximum absolute atomic E-state index is 11.9. The fourth-order valence-electron chi connectivity index (χ4n) is 2.25. The summed E-state index contributed by atoms with van der Waals surface area (Å²) >= 11 is 0. The number of amides is 1. The van der Waals surface area contributed by atoms with Crippen LogP contribution in [0.5, 0.6) is 0 Å². The standard InChI is InChI=1S/C12H23NO2/c1-8(2)11(7-14)13-12(15)10-6-4-5-9(10)3/h8-11,14H,4-7H2,1-3H3,(H,13,15)/t9?,10?,11-/m1/s1. The van der Waals surface area contributed by atoms with Crippen LogP contribution in [0.4, 0.5) is 0 Å². The SMILES string of the molecule is CC1CCCC1C(=O)N[C@H](CO)C(C)C. The van der Waals surface area contributed by atoms with E-state index in [2.05, 4.69) is 12.2 Å². The molecule has 15 heavy (non-hydrogen) atoms. The van der Waals surface area contributed by atoms with Gasteiger partial charge in [-0.1, -0.05) is 27.2 Å². The van der Waals surface area contributed by atoms with E-state index in [-0.39, 0.29) is 30.4 Å². The number of carbonyl (C=O) groups excluding carboxylic acids is 1. The van der Waals surface area contributed by atoms with Crippen molar-refractivity contribution < 1.29 is 9.90 Å². The smallest absolute Gasteiger partial charge is 0.223 e. The van der Waals surface area contributed by atoms with Gasteiger partial charge in [-0.25, -0.2) is 0 Å². The summed E-state index contributed by atoms with van der Waals surface area (Å²) in [5.41, 5.74) is 0. The van der Waals surface area contributed by atoms with Gasteiger partial charge in [-0.05, 0) is 24.7 Å². The third-order valence-electron chi connectivity index (χ3n) is 3.53. The minimum absolute atomic E-state index is 0.0322. The van der Waals surface area contributed by atoms with Crippen LogP contribution in [0.1, 0.15) is 40.0 Å². The number of aliphatic hydroxyl groups excluding tert-OH is 1. The van der Waals surface area contributed by atoms with Crippen LogP contribution in [-0.4, -0.2) is 23.7 Å². The summed E-state index contributed by atoms with van der Waals surface area (Å²) in [6.45, 7) is 6.20. The monoisotopic (exact) mass is 213 g/mol. The summed E-state index contributed by atoms with van der Waals surface area (Å²) in [5.74, 6) is 1.08. The van der Waals surface area contributed by atoms with E-state index in [9.17, 15) is 4.79 Å². The van der Waals surface area contributed by atoms with Crippen molar-refractivity contribution in [2.24, 2.45) is 17.8 Å². The molecule has 0 saturated heterocycles. The van der Waals surface area contributed by atoms with Crippen molar-refractivity contribution in [3.8, 4) is 0 Å². The highest BCUT2D eigenvalue weighted by atomic mass is 16.3. The third kappa shape index (κ3) is 3.20. The minimum atomic E-state index is -0.0923. The molecule has 0 heterocycles. The third-order valence-corrected chi connectivity index (χ3v) is 3.53. The minimum Gasteiger partial charge on any atom is -0.394 e. The molecule has 1 fully saturated rings. The van der Waals surface area contributed by atoms with Crippen LogP contribution in [0.15, 0.2) is 0 Å². The number of aliphatic hydroxyl groups is 1. The first-order valence-corrected chi connectivity index (χ1v) is 5.97. The zero-order valence-electron chi connectivity index (χ0n) is 9.99. The molecule has 0 aromatic heterocycles. The first-order chi connectivity index (χ1) is 7.06. The van der Waals surface area contributed by atoms with Crippen molar-refractivity contribution in [1.82, 2.24) is 5.32 Å². The molecule has 2 unspecified atom stereocenters. The van der Waals surface area contributed by atoms with E-state index in [0.29, 0.717) is 5.92 Å². The Morgan fingerprint density at radius 3 is 2.53 bits per heavy atom. The fourth-order valence-corrected chi connectivity index (χ4v) is 2.25. The van der Waals surface area contributed by atoms with Gasteiger partial charge in [0.15, 0.2) is 0 Å². The van der Waals surface area contributed by atoms with E-state index in [1.165, 1.54) is 0 Å². The van der Waals surface area contributed by atoms with Gasteiger partial charge in [0.05, 0.1) is 12.6 Å². The zero-order chi connectivity index (χ0) is 11.4. The van der Waals surface area contributed by atoms with Crippen molar-refractivity contribution in [3.05, 3.63) is 0 Å². The highest BCUT2D eigenvalue weighted by Crippen LogP contribution is 2.31. The van der Waals surface area contributed by atoms with Crippen molar-refractivity contribution in [2.45, 2.75) is 46.1 Å². The first kappa shape index (κ1) is 12.5.